The van der Waals surface area contributed by atoms with E-state index >= 15 is 0 Å². The number of para-hydroxylation sites is 1. The van der Waals surface area contributed by atoms with Crippen LogP contribution < -0.4 is 16.4 Å². The number of hydrogen-bond acceptors (Lipinski definition) is 6. The van der Waals surface area contributed by atoms with Gasteiger partial charge in [-0.1, -0.05) is 62.7 Å². The van der Waals surface area contributed by atoms with E-state index in [2.05, 4.69) is 10.6 Å². The smallest absolute Gasteiger partial charge is 0.257 e. The van der Waals surface area contributed by atoms with Gasteiger partial charge in [0, 0.05) is 25.7 Å². The highest BCUT2D eigenvalue weighted by Gasteiger charge is 2.60. The Bertz CT molecular complexity index is 1330. The molecule has 2 aliphatic rings. The van der Waals surface area contributed by atoms with E-state index in [1.165, 1.54) is 16.8 Å². The predicted molar refractivity (Wildman–Crippen MR) is 155 cm³/mol. The van der Waals surface area contributed by atoms with Gasteiger partial charge in [-0.3, -0.25) is 24.0 Å². The van der Waals surface area contributed by atoms with Crippen LogP contribution >= 0.6 is 0 Å². The van der Waals surface area contributed by atoms with E-state index in [0.717, 1.165) is 5.56 Å². The number of likely N-dealkylation sites (N-methyl/N-ethyl adjacent to an activating group) is 1. The van der Waals surface area contributed by atoms with E-state index in [1.807, 2.05) is 44.2 Å². The van der Waals surface area contributed by atoms with E-state index in [-0.39, 0.29) is 36.6 Å². The number of Topliss-reactive ketones (excluding diaryl/α,β-unsaturated/α-hetero) is 1. The molecule has 10 nitrogen and oxygen atoms in total. The van der Waals surface area contributed by atoms with Gasteiger partial charge in [0.25, 0.3) is 11.8 Å². The van der Waals surface area contributed by atoms with Crippen LogP contribution in [0.15, 0.2) is 54.6 Å². The molecule has 2 aliphatic heterocycles. The van der Waals surface area contributed by atoms with Crippen LogP contribution in [0.25, 0.3) is 0 Å². The average Bonchev–Trinajstić information content (AvgIpc) is 3.43. The highest BCUT2D eigenvalue weighted by atomic mass is 16.2. The molecule has 5 atom stereocenters. The summed E-state index contributed by atoms with van der Waals surface area (Å²) < 4.78 is 0. The summed E-state index contributed by atoms with van der Waals surface area (Å²) in [5, 5.41) is 5.54. The first-order valence-electron chi connectivity index (χ1n) is 14.2. The van der Waals surface area contributed by atoms with Gasteiger partial charge in [-0.2, -0.15) is 0 Å². The van der Waals surface area contributed by atoms with Crippen molar-refractivity contribution >= 4 is 35.1 Å². The number of carbonyl (C=O) groups excluding carboxylic acids is 5. The Morgan fingerprint density at radius 1 is 1.02 bits per heavy atom. The standard InChI is InChI=1S/C31H39N5O5/c1-5-19(2)25-26(37)31(16-11-17-36(31)29(40)22-14-9-10-15-23(22)32)30(41)35(4)24(18-21-12-7-6-8-13-21)28(39)33-20(3)27(38)34-25/h6-10,12-15,19-20,24-25H,5,11,16-18,32H2,1-4H3,(H,33,39)(H,34,38)/t19?,20-,24-,25+,31-/m1/s1. The number of hydrogen-bond donors (Lipinski definition) is 3. The molecule has 10 heteroatoms. The van der Waals surface area contributed by atoms with Crippen molar-refractivity contribution in [2.45, 2.75) is 70.1 Å². The molecule has 4 N–H and O–H groups in total. The summed E-state index contributed by atoms with van der Waals surface area (Å²) in [6, 6.07) is 12.7. The van der Waals surface area contributed by atoms with Gasteiger partial charge in [-0.05, 0) is 43.4 Å². The quantitative estimate of drug-likeness (QED) is 0.376. The fourth-order valence-electron chi connectivity index (χ4n) is 5.80. The molecule has 2 aromatic carbocycles. The third kappa shape index (κ3) is 5.55. The number of nitrogens with one attached hydrogen (secondary N) is 2. The van der Waals surface area contributed by atoms with Crippen molar-refractivity contribution < 1.29 is 24.0 Å². The molecule has 0 saturated carbocycles. The average molecular weight is 562 g/mol. The van der Waals surface area contributed by atoms with Crippen molar-refractivity contribution in [1.29, 1.82) is 0 Å². The summed E-state index contributed by atoms with van der Waals surface area (Å²) in [6.07, 6.45) is 1.14. The first-order chi connectivity index (χ1) is 19.5. The highest BCUT2D eigenvalue weighted by molar-refractivity contribution is 6.18. The summed E-state index contributed by atoms with van der Waals surface area (Å²) in [5.74, 6) is -3.17. The fourth-order valence-corrected chi connectivity index (χ4v) is 5.80. The van der Waals surface area contributed by atoms with E-state index in [0.29, 0.717) is 12.8 Å². The number of nitrogen functional groups attached to an aromatic ring is 1. The summed E-state index contributed by atoms with van der Waals surface area (Å²) >= 11 is 0. The largest absolute Gasteiger partial charge is 0.398 e. The van der Waals surface area contributed by atoms with E-state index in [1.54, 1.807) is 31.2 Å². The number of likely N-dealkylation sites (tertiary alicyclic amines) is 1. The maximum atomic E-state index is 14.7. The van der Waals surface area contributed by atoms with Gasteiger partial charge in [0.15, 0.2) is 11.3 Å². The minimum absolute atomic E-state index is 0.0610. The van der Waals surface area contributed by atoms with Gasteiger partial charge in [-0.25, -0.2) is 0 Å². The van der Waals surface area contributed by atoms with Gasteiger partial charge < -0.3 is 26.2 Å². The van der Waals surface area contributed by atoms with Gasteiger partial charge in [0.05, 0.1) is 11.6 Å². The molecule has 1 unspecified atom stereocenters. The number of ketones is 1. The molecule has 41 heavy (non-hydrogen) atoms. The molecule has 2 saturated heterocycles. The summed E-state index contributed by atoms with van der Waals surface area (Å²) in [5.41, 5.74) is 5.42. The van der Waals surface area contributed by atoms with Crippen molar-refractivity contribution in [2.24, 2.45) is 5.92 Å². The van der Waals surface area contributed by atoms with Crippen molar-refractivity contribution in [3.63, 3.8) is 0 Å². The second-order valence-electron chi connectivity index (χ2n) is 11.1. The molecule has 0 aliphatic carbocycles. The second kappa shape index (κ2) is 12.1. The van der Waals surface area contributed by atoms with Crippen molar-refractivity contribution in [3.05, 3.63) is 65.7 Å². The molecular formula is C31H39N5O5. The number of rotatable bonds is 5. The molecule has 1 spiro atoms. The number of nitrogens with zero attached hydrogens (tertiary/aromatic N) is 2. The van der Waals surface area contributed by atoms with E-state index < -0.39 is 53.1 Å². The van der Waals surface area contributed by atoms with Crippen LogP contribution in [0, 0.1) is 5.92 Å². The molecule has 2 heterocycles. The van der Waals surface area contributed by atoms with Crippen LogP contribution in [0.5, 0.6) is 0 Å². The molecule has 0 aromatic heterocycles. The minimum Gasteiger partial charge on any atom is -0.398 e. The van der Waals surface area contributed by atoms with Crippen LogP contribution in [0.4, 0.5) is 5.69 Å². The molecule has 2 aromatic rings. The maximum Gasteiger partial charge on any atom is 0.257 e. The molecule has 0 bridgehead atoms. The van der Waals surface area contributed by atoms with E-state index in [4.69, 9.17) is 5.73 Å². The van der Waals surface area contributed by atoms with Crippen molar-refractivity contribution in [1.82, 2.24) is 20.4 Å². The Morgan fingerprint density at radius 3 is 2.34 bits per heavy atom. The Hall–Kier alpha value is -4.21. The van der Waals surface area contributed by atoms with Gasteiger partial charge in [-0.15, -0.1) is 0 Å². The lowest BCUT2D eigenvalue weighted by Crippen LogP contribution is -2.68. The first kappa shape index (κ1) is 29.8. The van der Waals surface area contributed by atoms with Crippen LogP contribution in [0.2, 0.25) is 0 Å². The van der Waals surface area contributed by atoms with Crippen LogP contribution in [0.1, 0.15) is 56.0 Å². The monoisotopic (exact) mass is 561 g/mol. The number of anilines is 1. The lowest BCUT2D eigenvalue weighted by molar-refractivity contribution is -0.153. The first-order valence-corrected chi connectivity index (χ1v) is 14.2. The van der Waals surface area contributed by atoms with Gasteiger partial charge in [0.2, 0.25) is 11.8 Å². The fraction of sp³-hybridized carbons (Fsp3) is 0.452. The summed E-state index contributed by atoms with van der Waals surface area (Å²) in [4.78, 5) is 72.9. The molecule has 218 valence electrons. The molecule has 4 rings (SSSR count). The topological polar surface area (TPSA) is 142 Å². The second-order valence-corrected chi connectivity index (χ2v) is 11.1. The van der Waals surface area contributed by atoms with Gasteiger partial charge in [0.1, 0.15) is 12.1 Å². The van der Waals surface area contributed by atoms with Crippen LogP contribution in [-0.2, 0) is 25.6 Å². The lowest BCUT2D eigenvalue weighted by Gasteiger charge is -2.42. The Labute approximate surface area is 240 Å². The number of amides is 4. The predicted octanol–water partition coefficient (Wildman–Crippen LogP) is 1.93. The van der Waals surface area contributed by atoms with E-state index in [9.17, 15) is 24.0 Å². The number of carbonyl (C=O) groups is 5. The Morgan fingerprint density at radius 2 is 1.68 bits per heavy atom. The lowest BCUT2D eigenvalue weighted by atomic mass is 9.79. The van der Waals surface area contributed by atoms with Crippen molar-refractivity contribution in [3.8, 4) is 0 Å². The minimum atomic E-state index is -1.93. The van der Waals surface area contributed by atoms with Crippen molar-refractivity contribution in [2.75, 3.05) is 19.3 Å². The normalized spacial score (nSPS) is 26.4. The van der Waals surface area contributed by atoms with Gasteiger partial charge >= 0.3 is 0 Å². The maximum absolute atomic E-state index is 14.7. The Kier molecular flexibility index (Phi) is 8.80. The molecule has 4 amide bonds. The Balaban J connectivity index is 1.89. The zero-order valence-corrected chi connectivity index (χ0v) is 24.1. The molecular weight excluding hydrogens is 522 g/mol. The zero-order valence-electron chi connectivity index (χ0n) is 24.1. The third-order valence-corrected chi connectivity index (χ3v) is 8.49. The highest BCUT2D eigenvalue weighted by Crippen LogP contribution is 2.37. The zero-order chi connectivity index (χ0) is 29.9. The summed E-state index contributed by atoms with van der Waals surface area (Å²) in [6.45, 7) is 5.40. The van der Waals surface area contributed by atoms with Crippen LogP contribution in [-0.4, -0.2) is 76.5 Å². The number of benzene rings is 2. The number of nitrogens with two attached hydrogens (primary N) is 1. The SMILES string of the molecule is CCC(C)[C@@H]1NC(=O)[C@@H](C)NC(=O)[C@@H](Cc2ccccc2)N(C)C(=O)[C@@]2(CCCN2C(=O)c2ccccc2N)C1=O. The third-order valence-electron chi connectivity index (χ3n) is 8.49. The van der Waals surface area contributed by atoms with Crippen LogP contribution in [0.3, 0.4) is 0 Å². The molecule has 2 fully saturated rings. The molecule has 0 radical (unpaired) electrons. The summed E-state index contributed by atoms with van der Waals surface area (Å²) in [7, 11) is 1.48.